The summed E-state index contributed by atoms with van der Waals surface area (Å²) >= 11 is 0. The molecular formula is C18H32NO2S+. The second-order valence-corrected chi connectivity index (χ2v) is 10.5. The molecule has 2 aliphatic carbocycles. The van der Waals surface area contributed by atoms with Crippen LogP contribution in [0.1, 0.15) is 46.5 Å². The van der Waals surface area contributed by atoms with Gasteiger partial charge in [0.25, 0.3) is 5.91 Å². The average Bonchev–Trinajstić information content (AvgIpc) is 3.10. The topological polar surface area (TPSA) is 29.5 Å². The van der Waals surface area contributed by atoms with Crippen LogP contribution in [0.2, 0.25) is 0 Å². The Morgan fingerprint density at radius 3 is 2.50 bits per heavy atom. The highest BCUT2D eigenvalue weighted by atomic mass is 32.2. The summed E-state index contributed by atoms with van der Waals surface area (Å²) in [6.07, 6.45) is 7.58. The Kier molecular flexibility index (Phi) is 4.31. The molecule has 2 bridgehead atoms. The standard InChI is InChI=1S/C18H32NO2S/c1-17(2)13-8-9-18(17,3)16(21-4)15(13)22(5)12-14(20)19-10-6-7-11-19/h13,15-16H,6-12H2,1-5H3/q+1/t13-,15-,16-,18+,22?/m1/s1. The third-order valence-electron chi connectivity index (χ3n) is 7.23. The molecule has 3 nitrogen and oxygen atoms in total. The predicted octanol–water partition coefficient (Wildman–Crippen LogP) is 2.70. The number of hydrogen-bond donors (Lipinski definition) is 0. The van der Waals surface area contributed by atoms with Crippen molar-refractivity contribution in [2.24, 2.45) is 16.7 Å². The van der Waals surface area contributed by atoms with E-state index in [4.69, 9.17) is 4.74 Å². The van der Waals surface area contributed by atoms with Crippen molar-refractivity contribution < 1.29 is 9.53 Å². The molecule has 1 amide bonds. The van der Waals surface area contributed by atoms with Gasteiger partial charge < -0.3 is 9.64 Å². The number of fused-ring (bicyclic) bond motifs is 2. The van der Waals surface area contributed by atoms with E-state index in [0.717, 1.165) is 18.8 Å². The molecule has 4 heteroatoms. The first-order valence-corrected chi connectivity index (χ1v) is 10.6. The minimum atomic E-state index is 0.110. The van der Waals surface area contributed by atoms with Gasteiger partial charge in [0, 0.05) is 31.5 Å². The van der Waals surface area contributed by atoms with Gasteiger partial charge in [0.05, 0.1) is 6.26 Å². The molecule has 0 N–H and O–H groups in total. The Morgan fingerprint density at radius 2 is 1.91 bits per heavy atom. The van der Waals surface area contributed by atoms with Crippen LogP contribution in [0.3, 0.4) is 0 Å². The number of rotatable bonds is 4. The Balaban J connectivity index is 1.74. The van der Waals surface area contributed by atoms with Gasteiger partial charge in [0.15, 0.2) is 5.75 Å². The summed E-state index contributed by atoms with van der Waals surface area (Å²) in [6.45, 7) is 9.22. The van der Waals surface area contributed by atoms with Gasteiger partial charge in [-0.2, -0.15) is 0 Å². The van der Waals surface area contributed by atoms with Crippen LogP contribution in [0.5, 0.6) is 0 Å². The van der Waals surface area contributed by atoms with Crippen molar-refractivity contribution in [2.75, 3.05) is 32.2 Å². The number of amides is 1. The molecule has 0 spiro atoms. The van der Waals surface area contributed by atoms with Crippen LogP contribution in [0.25, 0.3) is 0 Å². The van der Waals surface area contributed by atoms with Crippen molar-refractivity contribution in [3.8, 4) is 0 Å². The van der Waals surface area contributed by atoms with Gasteiger partial charge in [-0.1, -0.05) is 20.8 Å². The maximum Gasteiger partial charge on any atom is 0.272 e. The van der Waals surface area contributed by atoms with Crippen molar-refractivity contribution in [3.63, 3.8) is 0 Å². The number of hydrogen-bond acceptors (Lipinski definition) is 2. The van der Waals surface area contributed by atoms with Gasteiger partial charge in [0.1, 0.15) is 11.4 Å². The van der Waals surface area contributed by atoms with Crippen LogP contribution in [-0.4, -0.2) is 54.4 Å². The first-order valence-electron chi connectivity index (χ1n) is 8.75. The first kappa shape index (κ1) is 16.6. The number of ether oxygens (including phenoxy) is 1. The molecule has 1 aliphatic heterocycles. The van der Waals surface area contributed by atoms with Crippen LogP contribution in [0, 0.1) is 16.7 Å². The molecule has 1 unspecified atom stereocenters. The van der Waals surface area contributed by atoms with Crippen molar-refractivity contribution in [3.05, 3.63) is 0 Å². The van der Waals surface area contributed by atoms with Crippen molar-refractivity contribution in [1.29, 1.82) is 0 Å². The molecule has 22 heavy (non-hydrogen) atoms. The van der Waals surface area contributed by atoms with Crippen LogP contribution in [0.4, 0.5) is 0 Å². The Hall–Kier alpha value is -0.220. The van der Waals surface area contributed by atoms with E-state index in [1.54, 1.807) is 0 Å². The number of likely N-dealkylation sites (tertiary alicyclic amines) is 1. The number of carbonyl (C=O) groups is 1. The van der Waals surface area contributed by atoms with E-state index in [1.807, 2.05) is 7.11 Å². The molecule has 3 aliphatic rings. The van der Waals surface area contributed by atoms with E-state index < -0.39 is 0 Å². The summed E-state index contributed by atoms with van der Waals surface area (Å²) < 4.78 is 6.01. The van der Waals surface area contributed by atoms with E-state index in [0.29, 0.717) is 28.6 Å². The van der Waals surface area contributed by atoms with Crippen LogP contribution in [0.15, 0.2) is 0 Å². The molecule has 1 saturated heterocycles. The summed E-state index contributed by atoms with van der Waals surface area (Å²) in [6, 6.07) is 0. The predicted molar refractivity (Wildman–Crippen MR) is 93.2 cm³/mol. The molecule has 0 aromatic rings. The van der Waals surface area contributed by atoms with E-state index >= 15 is 0 Å². The zero-order valence-corrected chi connectivity index (χ0v) is 15.7. The number of nitrogens with zero attached hydrogens (tertiary/aromatic N) is 1. The highest BCUT2D eigenvalue weighted by molar-refractivity contribution is 7.97. The fourth-order valence-electron chi connectivity index (χ4n) is 5.45. The molecule has 5 atom stereocenters. The smallest absolute Gasteiger partial charge is 0.272 e. The van der Waals surface area contributed by atoms with Crippen LogP contribution in [-0.2, 0) is 20.4 Å². The third kappa shape index (κ3) is 2.24. The van der Waals surface area contributed by atoms with Crippen LogP contribution < -0.4 is 0 Å². The fourth-order valence-corrected chi connectivity index (χ4v) is 8.09. The molecule has 0 radical (unpaired) electrons. The fraction of sp³-hybridized carbons (Fsp3) is 0.944. The molecule has 2 saturated carbocycles. The summed E-state index contributed by atoms with van der Waals surface area (Å²) in [4.78, 5) is 14.6. The lowest BCUT2D eigenvalue weighted by Crippen LogP contribution is -2.47. The third-order valence-corrected chi connectivity index (χ3v) is 9.43. The van der Waals surface area contributed by atoms with E-state index in [2.05, 4.69) is 31.9 Å². The minimum absolute atomic E-state index is 0.110. The lowest BCUT2D eigenvalue weighted by molar-refractivity contribution is -0.127. The summed E-state index contributed by atoms with van der Waals surface area (Å²) in [5.74, 6) is 1.82. The Morgan fingerprint density at radius 1 is 1.27 bits per heavy atom. The highest BCUT2D eigenvalue weighted by Gasteiger charge is 2.70. The van der Waals surface area contributed by atoms with E-state index in [-0.39, 0.29) is 16.3 Å². The zero-order valence-electron chi connectivity index (χ0n) is 14.9. The lowest BCUT2D eigenvalue weighted by Gasteiger charge is -2.38. The maximum atomic E-state index is 12.5. The summed E-state index contributed by atoms with van der Waals surface area (Å²) in [5, 5.41) is 0.560. The van der Waals surface area contributed by atoms with E-state index in [9.17, 15) is 4.79 Å². The van der Waals surface area contributed by atoms with Gasteiger partial charge in [-0.25, -0.2) is 0 Å². The zero-order chi connectivity index (χ0) is 16.1. The minimum Gasteiger partial charge on any atom is -0.376 e. The van der Waals surface area contributed by atoms with Crippen molar-refractivity contribution in [1.82, 2.24) is 4.90 Å². The lowest BCUT2D eigenvalue weighted by atomic mass is 9.70. The first-order chi connectivity index (χ1) is 10.3. The summed E-state index contributed by atoms with van der Waals surface area (Å²) in [7, 11) is 1.98. The van der Waals surface area contributed by atoms with Crippen LogP contribution >= 0.6 is 0 Å². The quantitative estimate of drug-likeness (QED) is 0.744. The average molecular weight is 327 g/mol. The molecule has 3 fully saturated rings. The summed E-state index contributed by atoms with van der Waals surface area (Å²) in [5.41, 5.74) is 0.603. The monoisotopic (exact) mass is 326 g/mol. The largest absolute Gasteiger partial charge is 0.376 e. The second-order valence-electron chi connectivity index (χ2n) is 8.33. The second kappa shape index (κ2) is 5.70. The molecule has 0 aromatic carbocycles. The highest BCUT2D eigenvalue weighted by Crippen LogP contribution is 2.67. The SMILES string of the molecule is CO[C@@H]1[C@H]([S+](C)CC(=O)N2CCCC2)[C@H]2CC[C@]1(C)C2(C)C. The molecular weight excluding hydrogens is 294 g/mol. The van der Waals surface area contributed by atoms with Crippen molar-refractivity contribution in [2.45, 2.75) is 57.8 Å². The molecule has 3 rings (SSSR count). The molecule has 126 valence electrons. The molecule has 1 heterocycles. The maximum absolute atomic E-state index is 12.5. The number of carbonyl (C=O) groups excluding carboxylic acids is 1. The Bertz CT molecular complexity index is 446. The van der Waals surface area contributed by atoms with Gasteiger partial charge in [-0.15, -0.1) is 0 Å². The Labute approximate surface area is 138 Å². The van der Waals surface area contributed by atoms with Gasteiger partial charge >= 0.3 is 0 Å². The van der Waals surface area contributed by atoms with Gasteiger partial charge in [-0.05, 0) is 42.0 Å². The van der Waals surface area contributed by atoms with Crippen molar-refractivity contribution >= 4 is 16.8 Å². The normalized spacial score (nSPS) is 41.1. The van der Waals surface area contributed by atoms with E-state index in [1.165, 1.54) is 25.7 Å². The van der Waals surface area contributed by atoms with Gasteiger partial charge in [0.2, 0.25) is 0 Å². The number of methoxy groups -OCH3 is 1. The molecule has 0 aromatic heterocycles. The van der Waals surface area contributed by atoms with Gasteiger partial charge in [-0.3, -0.25) is 4.79 Å².